The second-order valence-electron chi connectivity index (χ2n) is 10.6. The van der Waals surface area contributed by atoms with Crippen molar-refractivity contribution in [2.75, 3.05) is 31.3 Å². The molecule has 10 heteroatoms. The summed E-state index contributed by atoms with van der Waals surface area (Å²) < 4.78 is 7.83. The van der Waals surface area contributed by atoms with Crippen LogP contribution in [0, 0.1) is 5.92 Å². The molecule has 3 N–H and O–H groups in total. The van der Waals surface area contributed by atoms with E-state index in [0.717, 1.165) is 67.7 Å². The minimum Gasteiger partial charge on any atom is -0.396 e. The Labute approximate surface area is 209 Å². The first-order chi connectivity index (χ1) is 17.6. The molecule has 0 unspecified atom stereocenters. The minimum atomic E-state index is -0.449. The molecule has 2 aromatic rings. The van der Waals surface area contributed by atoms with E-state index in [4.69, 9.17) is 20.6 Å². The van der Waals surface area contributed by atoms with Crippen LogP contribution in [0.4, 0.5) is 5.69 Å². The number of nitrogens with two attached hydrogens (primary N) is 1. The van der Waals surface area contributed by atoms with Crippen LogP contribution >= 0.6 is 0 Å². The number of amides is 1. The summed E-state index contributed by atoms with van der Waals surface area (Å²) in [5.74, 6) is 1.43. The maximum Gasteiger partial charge on any atom is 0.250 e. The van der Waals surface area contributed by atoms with Gasteiger partial charge in [0.25, 0.3) is 0 Å². The van der Waals surface area contributed by atoms with Crippen LogP contribution in [-0.4, -0.2) is 75.0 Å². The fourth-order valence-corrected chi connectivity index (χ4v) is 6.32. The van der Waals surface area contributed by atoms with Crippen LogP contribution in [0.2, 0.25) is 0 Å². The maximum atomic E-state index is 12.4. The molecule has 0 radical (unpaired) electrons. The Hall–Kier alpha value is -3.37. The van der Waals surface area contributed by atoms with Crippen molar-refractivity contribution in [3.05, 3.63) is 48.1 Å². The molecule has 1 saturated carbocycles. The predicted octanol–water partition coefficient (Wildman–Crippen LogP) is 1.89. The van der Waals surface area contributed by atoms with Crippen LogP contribution in [0.1, 0.15) is 38.1 Å². The van der Waals surface area contributed by atoms with E-state index >= 15 is 0 Å². The number of carbonyl (C=O) groups is 1. The lowest BCUT2D eigenvalue weighted by Gasteiger charge is -2.34. The molecule has 7 rings (SSSR count). The first kappa shape index (κ1) is 21.9. The molecular formula is C26H31N7O3. The lowest BCUT2D eigenvalue weighted by atomic mass is 9.87. The number of rotatable bonds is 4. The van der Waals surface area contributed by atoms with Gasteiger partial charge in [0.2, 0.25) is 5.91 Å². The Balaban J connectivity index is 1.15. The SMILES string of the molecule is NC(=O)C1=C2N=C(N3C[C@H]4C[C@@H]3CO4)C=CN2N(c2ccc3nn(C4CCC(CO)CC4)cc3c2)C1. The molecule has 2 atom stereocenters. The quantitative estimate of drug-likeness (QED) is 0.675. The average molecular weight is 490 g/mol. The molecular weight excluding hydrogens is 458 g/mol. The van der Waals surface area contributed by atoms with Crippen molar-refractivity contribution >= 4 is 28.3 Å². The van der Waals surface area contributed by atoms with Crippen molar-refractivity contribution in [3.63, 3.8) is 0 Å². The van der Waals surface area contributed by atoms with E-state index in [1.807, 2.05) is 34.4 Å². The van der Waals surface area contributed by atoms with Crippen LogP contribution < -0.4 is 10.7 Å². The van der Waals surface area contributed by atoms with Gasteiger partial charge in [-0.05, 0) is 62.3 Å². The number of hydrogen-bond donors (Lipinski definition) is 2. The summed E-state index contributed by atoms with van der Waals surface area (Å²) in [7, 11) is 0. The molecule has 5 heterocycles. The summed E-state index contributed by atoms with van der Waals surface area (Å²) >= 11 is 0. The van der Waals surface area contributed by atoms with E-state index in [1.165, 1.54) is 0 Å². The number of aliphatic imine (C=N–C) groups is 1. The van der Waals surface area contributed by atoms with Crippen molar-refractivity contribution in [2.45, 2.75) is 50.3 Å². The van der Waals surface area contributed by atoms with Gasteiger partial charge >= 0.3 is 0 Å². The van der Waals surface area contributed by atoms with Gasteiger partial charge in [0, 0.05) is 30.9 Å². The molecule has 2 saturated heterocycles. The number of carbonyl (C=O) groups excluding carboxylic acids is 1. The van der Waals surface area contributed by atoms with E-state index in [1.54, 1.807) is 0 Å². The molecule has 2 bridgehead atoms. The highest BCUT2D eigenvalue weighted by Gasteiger charge is 2.42. The summed E-state index contributed by atoms with van der Waals surface area (Å²) in [4.78, 5) is 19.6. The third-order valence-corrected chi connectivity index (χ3v) is 8.38. The lowest BCUT2D eigenvalue weighted by molar-refractivity contribution is -0.114. The molecule has 0 spiro atoms. The van der Waals surface area contributed by atoms with Crippen molar-refractivity contribution in [1.82, 2.24) is 19.7 Å². The Morgan fingerprint density at radius 1 is 1.19 bits per heavy atom. The zero-order chi connectivity index (χ0) is 24.4. The van der Waals surface area contributed by atoms with Crippen LogP contribution in [0.25, 0.3) is 10.9 Å². The van der Waals surface area contributed by atoms with Gasteiger partial charge in [0.1, 0.15) is 5.84 Å². The molecule has 1 aliphatic carbocycles. The molecule has 3 fully saturated rings. The monoisotopic (exact) mass is 489 g/mol. The fraction of sp³-hybridized carbons (Fsp3) is 0.500. The number of aliphatic hydroxyl groups is 1. The van der Waals surface area contributed by atoms with E-state index in [-0.39, 0.29) is 12.7 Å². The molecule has 1 aromatic carbocycles. The number of aromatic nitrogens is 2. The smallest absolute Gasteiger partial charge is 0.250 e. The van der Waals surface area contributed by atoms with Gasteiger partial charge in [-0.3, -0.25) is 14.5 Å². The van der Waals surface area contributed by atoms with Gasteiger partial charge in [-0.15, -0.1) is 0 Å². The van der Waals surface area contributed by atoms with Crippen LogP contribution in [-0.2, 0) is 9.53 Å². The van der Waals surface area contributed by atoms with Crippen LogP contribution in [0.3, 0.4) is 0 Å². The van der Waals surface area contributed by atoms with Crippen molar-refractivity contribution in [3.8, 4) is 0 Å². The summed E-state index contributed by atoms with van der Waals surface area (Å²) in [6.45, 7) is 2.21. The zero-order valence-corrected chi connectivity index (χ0v) is 20.2. The number of aliphatic hydroxyl groups excluding tert-OH is 1. The summed E-state index contributed by atoms with van der Waals surface area (Å²) in [6.07, 6.45) is 11.6. The highest BCUT2D eigenvalue weighted by atomic mass is 16.5. The summed E-state index contributed by atoms with van der Waals surface area (Å²) in [6, 6.07) is 6.90. The van der Waals surface area contributed by atoms with Crippen molar-refractivity contribution < 1.29 is 14.6 Å². The number of nitrogens with zero attached hydrogens (tertiary/aromatic N) is 6. The number of fused-ring (bicyclic) bond motifs is 4. The van der Waals surface area contributed by atoms with Gasteiger partial charge in [-0.1, -0.05) is 0 Å². The van der Waals surface area contributed by atoms with Crippen LogP contribution in [0.5, 0.6) is 0 Å². The van der Waals surface area contributed by atoms with Gasteiger partial charge in [0.05, 0.1) is 48.1 Å². The zero-order valence-electron chi connectivity index (χ0n) is 20.2. The minimum absolute atomic E-state index is 0.270. The summed E-state index contributed by atoms with van der Waals surface area (Å²) in [5.41, 5.74) is 8.21. The van der Waals surface area contributed by atoms with E-state index in [9.17, 15) is 9.90 Å². The molecule has 1 aromatic heterocycles. The number of anilines is 1. The topological polar surface area (TPSA) is 112 Å². The molecule has 10 nitrogen and oxygen atoms in total. The maximum absolute atomic E-state index is 12.4. The number of benzene rings is 1. The Kier molecular flexibility index (Phi) is 5.07. The third kappa shape index (κ3) is 3.50. The molecule has 4 aliphatic heterocycles. The Bertz CT molecular complexity index is 1310. The first-order valence-corrected chi connectivity index (χ1v) is 12.9. The number of ether oxygens (including phenoxy) is 1. The molecule has 188 valence electrons. The van der Waals surface area contributed by atoms with Crippen molar-refractivity contribution in [1.29, 1.82) is 0 Å². The third-order valence-electron chi connectivity index (χ3n) is 8.38. The number of likely N-dealkylation sites (tertiary alicyclic amines) is 1. The van der Waals surface area contributed by atoms with Gasteiger partial charge in [-0.25, -0.2) is 10.0 Å². The Morgan fingerprint density at radius 3 is 2.78 bits per heavy atom. The normalized spacial score (nSPS) is 29.5. The van der Waals surface area contributed by atoms with Crippen LogP contribution in [0.15, 0.2) is 53.1 Å². The van der Waals surface area contributed by atoms with E-state index < -0.39 is 5.91 Å². The fourth-order valence-electron chi connectivity index (χ4n) is 6.32. The van der Waals surface area contributed by atoms with E-state index in [0.29, 0.717) is 35.9 Å². The number of hydrazine groups is 1. The number of morpholine rings is 1. The molecule has 36 heavy (non-hydrogen) atoms. The second-order valence-corrected chi connectivity index (χ2v) is 10.6. The Morgan fingerprint density at radius 2 is 2.06 bits per heavy atom. The number of amidine groups is 1. The standard InChI is InChI=1S/C26H31N7O3/c27-25(35)22-13-33(32-8-7-24(28-26(22)32)30-12-21-10-20(30)15-36-21)19-5-6-23-17(9-19)11-31(29-23)18-3-1-16(14-34)2-4-18/h5-9,11,16,18,20-21,34H,1-4,10,12-15H2,(H2,27,35)/t16?,18?,20-,21-/m1/s1. The lowest BCUT2D eigenvalue weighted by Crippen LogP contribution is -2.43. The second kappa shape index (κ2) is 8.35. The highest BCUT2D eigenvalue weighted by Crippen LogP contribution is 2.37. The highest BCUT2D eigenvalue weighted by molar-refractivity contribution is 5.99. The molecule has 1 amide bonds. The predicted molar refractivity (Wildman–Crippen MR) is 135 cm³/mol. The number of primary amides is 1. The van der Waals surface area contributed by atoms with Gasteiger partial charge < -0.3 is 20.5 Å². The average Bonchev–Trinajstić information content (AvgIpc) is 3.70. The van der Waals surface area contributed by atoms with E-state index in [2.05, 4.69) is 21.8 Å². The van der Waals surface area contributed by atoms with Crippen molar-refractivity contribution in [2.24, 2.45) is 16.6 Å². The first-order valence-electron chi connectivity index (χ1n) is 12.9. The van der Waals surface area contributed by atoms with Gasteiger partial charge in [-0.2, -0.15) is 5.10 Å². The number of hydrogen-bond acceptors (Lipinski definition) is 8. The largest absolute Gasteiger partial charge is 0.396 e. The molecule has 5 aliphatic rings. The summed E-state index contributed by atoms with van der Waals surface area (Å²) in [5, 5.41) is 19.3. The van der Waals surface area contributed by atoms with Gasteiger partial charge in [0.15, 0.2) is 5.82 Å².